The average molecular weight is 320 g/mol. The fourth-order valence-electron chi connectivity index (χ4n) is 1.94. The van der Waals surface area contributed by atoms with Crippen molar-refractivity contribution in [2.75, 3.05) is 0 Å². The van der Waals surface area contributed by atoms with Crippen LogP contribution in [0.1, 0.15) is 12.6 Å². The lowest BCUT2D eigenvalue weighted by Crippen LogP contribution is -1.94. The van der Waals surface area contributed by atoms with Gasteiger partial charge in [-0.05, 0) is 25.1 Å². The minimum atomic E-state index is 0.590. The highest BCUT2D eigenvalue weighted by Gasteiger charge is 2.09. The lowest BCUT2D eigenvalue weighted by molar-refractivity contribution is 0.573. The summed E-state index contributed by atoms with van der Waals surface area (Å²) in [6.45, 7) is 3.01. The Hall–Kier alpha value is -1.72. The predicted octanol–water partition coefficient (Wildman–Crippen LogP) is 4.50. The second-order valence-electron chi connectivity index (χ2n) is 4.44. The molecule has 0 aliphatic heterocycles. The standard InChI is InChI=1S/C15H14ClN3OS/c1-2-19-7-6-17-15(19)21-10-13-9-20-14(18-13)11-4-3-5-12(16)8-11/h3-9H,2,10H2,1H3. The zero-order valence-electron chi connectivity index (χ0n) is 11.5. The lowest BCUT2D eigenvalue weighted by atomic mass is 10.2. The molecule has 0 atom stereocenters. The van der Waals surface area contributed by atoms with Gasteiger partial charge in [-0.1, -0.05) is 29.4 Å². The van der Waals surface area contributed by atoms with Crippen LogP contribution in [0.4, 0.5) is 0 Å². The number of aryl methyl sites for hydroxylation is 1. The van der Waals surface area contributed by atoms with E-state index in [1.54, 1.807) is 18.0 Å². The van der Waals surface area contributed by atoms with Gasteiger partial charge in [0, 0.05) is 35.3 Å². The summed E-state index contributed by atoms with van der Waals surface area (Å²) in [6, 6.07) is 7.48. The summed E-state index contributed by atoms with van der Waals surface area (Å²) in [4.78, 5) is 8.82. The average Bonchev–Trinajstić information content (AvgIpc) is 3.14. The van der Waals surface area contributed by atoms with E-state index in [4.69, 9.17) is 16.0 Å². The molecule has 0 radical (unpaired) electrons. The Morgan fingerprint density at radius 1 is 1.38 bits per heavy atom. The number of thioether (sulfide) groups is 1. The molecule has 108 valence electrons. The summed E-state index contributed by atoms with van der Waals surface area (Å²) in [5.41, 5.74) is 1.77. The Kier molecular flexibility index (Phi) is 4.31. The van der Waals surface area contributed by atoms with E-state index < -0.39 is 0 Å². The number of aromatic nitrogens is 3. The van der Waals surface area contributed by atoms with Crippen molar-refractivity contribution in [2.45, 2.75) is 24.4 Å². The Morgan fingerprint density at radius 3 is 3.10 bits per heavy atom. The number of hydrogen-bond donors (Lipinski definition) is 0. The molecule has 0 amide bonds. The zero-order valence-corrected chi connectivity index (χ0v) is 13.1. The monoisotopic (exact) mass is 319 g/mol. The van der Waals surface area contributed by atoms with Gasteiger partial charge in [-0.15, -0.1) is 0 Å². The largest absolute Gasteiger partial charge is 0.444 e. The van der Waals surface area contributed by atoms with Crippen LogP contribution in [-0.2, 0) is 12.3 Å². The zero-order chi connectivity index (χ0) is 14.7. The third-order valence-electron chi connectivity index (χ3n) is 2.99. The summed E-state index contributed by atoms with van der Waals surface area (Å²) in [5, 5.41) is 1.66. The molecule has 0 aliphatic carbocycles. The van der Waals surface area contributed by atoms with Gasteiger partial charge < -0.3 is 8.98 Å². The van der Waals surface area contributed by atoms with Crippen molar-refractivity contribution in [3.05, 3.63) is 53.6 Å². The van der Waals surface area contributed by atoms with Gasteiger partial charge in [-0.3, -0.25) is 0 Å². The van der Waals surface area contributed by atoms with Crippen LogP contribution in [0.2, 0.25) is 5.02 Å². The van der Waals surface area contributed by atoms with Gasteiger partial charge >= 0.3 is 0 Å². The van der Waals surface area contributed by atoms with Crippen LogP contribution in [0, 0.1) is 0 Å². The van der Waals surface area contributed by atoms with Crippen LogP contribution in [-0.4, -0.2) is 14.5 Å². The summed E-state index contributed by atoms with van der Waals surface area (Å²) in [7, 11) is 0. The number of benzene rings is 1. The predicted molar refractivity (Wildman–Crippen MR) is 84.4 cm³/mol. The first-order valence-electron chi connectivity index (χ1n) is 6.60. The highest BCUT2D eigenvalue weighted by atomic mass is 35.5. The maximum atomic E-state index is 5.98. The van der Waals surface area contributed by atoms with Crippen LogP contribution < -0.4 is 0 Å². The van der Waals surface area contributed by atoms with Crippen molar-refractivity contribution in [3.8, 4) is 11.5 Å². The first-order chi connectivity index (χ1) is 10.3. The molecule has 4 nitrogen and oxygen atoms in total. The summed E-state index contributed by atoms with van der Waals surface area (Å²) >= 11 is 7.63. The number of hydrogen-bond acceptors (Lipinski definition) is 4. The normalized spacial score (nSPS) is 11.0. The number of nitrogens with zero attached hydrogens (tertiary/aromatic N) is 3. The minimum Gasteiger partial charge on any atom is -0.444 e. The van der Waals surface area contributed by atoms with E-state index in [2.05, 4.69) is 21.5 Å². The lowest BCUT2D eigenvalue weighted by Gasteiger charge is -2.01. The fourth-order valence-corrected chi connectivity index (χ4v) is 3.03. The van der Waals surface area contributed by atoms with E-state index in [1.165, 1.54) is 0 Å². The first kappa shape index (κ1) is 14.2. The van der Waals surface area contributed by atoms with Crippen molar-refractivity contribution >= 4 is 23.4 Å². The van der Waals surface area contributed by atoms with Crippen LogP contribution >= 0.6 is 23.4 Å². The van der Waals surface area contributed by atoms with Gasteiger partial charge in [0.2, 0.25) is 5.89 Å². The molecule has 2 aromatic heterocycles. The van der Waals surface area contributed by atoms with Gasteiger partial charge in [0.05, 0.1) is 5.69 Å². The van der Waals surface area contributed by atoms with E-state index >= 15 is 0 Å². The topological polar surface area (TPSA) is 43.9 Å². The molecule has 0 fully saturated rings. The van der Waals surface area contributed by atoms with Crippen LogP contribution in [0.15, 0.2) is 52.5 Å². The van der Waals surface area contributed by atoms with Crippen molar-refractivity contribution < 1.29 is 4.42 Å². The second-order valence-corrected chi connectivity index (χ2v) is 5.82. The maximum absolute atomic E-state index is 5.98. The molecule has 0 aliphatic rings. The van der Waals surface area contributed by atoms with E-state index in [-0.39, 0.29) is 0 Å². The quantitative estimate of drug-likeness (QED) is 0.649. The Labute approximate surface area is 132 Å². The Bertz CT molecular complexity index is 738. The molecule has 0 saturated carbocycles. The Morgan fingerprint density at radius 2 is 2.29 bits per heavy atom. The van der Waals surface area contributed by atoms with E-state index in [1.807, 2.05) is 36.7 Å². The third kappa shape index (κ3) is 3.31. The SMILES string of the molecule is CCn1ccnc1SCc1coc(-c2cccc(Cl)c2)n1. The smallest absolute Gasteiger partial charge is 0.226 e. The number of oxazole rings is 1. The van der Waals surface area contributed by atoms with Gasteiger partial charge in [0.1, 0.15) is 6.26 Å². The van der Waals surface area contributed by atoms with Gasteiger partial charge in [-0.2, -0.15) is 0 Å². The highest BCUT2D eigenvalue weighted by molar-refractivity contribution is 7.98. The van der Waals surface area contributed by atoms with Gasteiger partial charge in [0.15, 0.2) is 5.16 Å². The van der Waals surface area contributed by atoms with Crippen LogP contribution in [0.25, 0.3) is 11.5 Å². The van der Waals surface area contributed by atoms with Crippen LogP contribution in [0.3, 0.4) is 0 Å². The van der Waals surface area contributed by atoms with E-state index in [9.17, 15) is 0 Å². The van der Waals surface area contributed by atoms with Crippen molar-refractivity contribution in [3.63, 3.8) is 0 Å². The van der Waals surface area contributed by atoms with Gasteiger partial charge in [0.25, 0.3) is 0 Å². The minimum absolute atomic E-state index is 0.590. The second kappa shape index (κ2) is 6.37. The highest BCUT2D eigenvalue weighted by Crippen LogP contribution is 2.25. The molecule has 0 spiro atoms. The Balaban J connectivity index is 1.71. The molecule has 0 bridgehead atoms. The van der Waals surface area contributed by atoms with E-state index in [0.717, 1.165) is 28.7 Å². The van der Waals surface area contributed by atoms with Crippen molar-refractivity contribution in [1.82, 2.24) is 14.5 Å². The molecule has 0 N–H and O–H groups in total. The molecular weight excluding hydrogens is 306 g/mol. The molecule has 3 rings (SSSR count). The number of halogens is 1. The summed E-state index contributed by atoms with van der Waals surface area (Å²) in [5.74, 6) is 1.31. The maximum Gasteiger partial charge on any atom is 0.226 e. The number of rotatable bonds is 5. The summed E-state index contributed by atoms with van der Waals surface area (Å²) in [6.07, 6.45) is 5.47. The third-order valence-corrected chi connectivity index (χ3v) is 4.26. The van der Waals surface area contributed by atoms with Crippen LogP contribution in [0.5, 0.6) is 0 Å². The first-order valence-corrected chi connectivity index (χ1v) is 7.97. The molecule has 3 aromatic rings. The number of imidazole rings is 1. The molecule has 21 heavy (non-hydrogen) atoms. The van der Waals surface area contributed by atoms with Crippen molar-refractivity contribution in [1.29, 1.82) is 0 Å². The van der Waals surface area contributed by atoms with Crippen molar-refractivity contribution in [2.24, 2.45) is 0 Å². The molecule has 1 aromatic carbocycles. The molecular formula is C15H14ClN3OS. The van der Waals surface area contributed by atoms with E-state index in [0.29, 0.717) is 10.9 Å². The van der Waals surface area contributed by atoms with Gasteiger partial charge in [-0.25, -0.2) is 9.97 Å². The summed E-state index contributed by atoms with van der Waals surface area (Å²) < 4.78 is 7.62. The molecule has 6 heteroatoms. The fraction of sp³-hybridized carbons (Fsp3) is 0.200. The molecule has 0 saturated heterocycles. The molecule has 2 heterocycles. The molecule has 0 unspecified atom stereocenters.